The van der Waals surface area contributed by atoms with Gasteiger partial charge in [-0.1, -0.05) is 31.7 Å². The zero-order valence-electron chi connectivity index (χ0n) is 12.9. The minimum atomic E-state index is -0.243. The van der Waals surface area contributed by atoms with E-state index in [0.29, 0.717) is 18.2 Å². The van der Waals surface area contributed by atoms with Crippen molar-refractivity contribution in [3.05, 3.63) is 30.1 Å². The van der Waals surface area contributed by atoms with Crippen LogP contribution in [0.2, 0.25) is 0 Å². The van der Waals surface area contributed by atoms with E-state index < -0.39 is 0 Å². The molecule has 0 spiro atoms. The molecule has 7 nitrogen and oxygen atoms in total. The zero-order chi connectivity index (χ0) is 15.9. The lowest BCUT2D eigenvalue weighted by Crippen LogP contribution is -2.35. The van der Waals surface area contributed by atoms with Gasteiger partial charge in [0.15, 0.2) is 0 Å². The third kappa shape index (κ3) is 4.27. The van der Waals surface area contributed by atoms with Gasteiger partial charge < -0.3 is 5.32 Å². The average molecular weight is 320 g/mol. The molecule has 0 bridgehead atoms. The molecule has 0 aliphatic carbocycles. The summed E-state index contributed by atoms with van der Waals surface area (Å²) in [5.41, 5.74) is 0.974. The van der Waals surface area contributed by atoms with Crippen molar-refractivity contribution in [1.82, 2.24) is 30.5 Å². The van der Waals surface area contributed by atoms with Crippen molar-refractivity contribution in [2.24, 2.45) is 5.92 Å². The monoisotopic (exact) mass is 320 g/mol. The molecule has 2 heterocycles. The fraction of sp³-hybridized carbons (Fsp3) is 0.500. The molecule has 1 atom stereocenters. The van der Waals surface area contributed by atoms with Gasteiger partial charge in [-0.25, -0.2) is 4.68 Å². The first kappa shape index (κ1) is 16.4. The van der Waals surface area contributed by atoms with Crippen molar-refractivity contribution in [3.8, 4) is 0 Å². The lowest BCUT2D eigenvalue weighted by Gasteiger charge is -2.19. The van der Waals surface area contributed by atoms with Gasteiger partial charge in [0.2, 0.25) is 11.1 Å². The molecule has 118 valence electrons. The number of aryl methyl sites for hydroxylation is 1. The van der Waals surface area contributed by atoms with Gasteiger partial charge in [-0.15, -0.1) is 5.10 Å². The van der Waals surface area contributed by atoms with Crippen molar-refractivity contribution >= 4 is 17.7 Å². The molecule has 0 aliphatic heterocycles. The number of thioether (sulfide) groups is 1. The van der Waals surface area contributed by atoms with Crippen molar-refractivity contribution in [1.29, 1.82) is 0 Å². The van der Waals surface area contributed by atoms with Crippen LogP contribution in [0, 0.1) is 5.92 Å². The molecule has 1 amide bonds. The molecule has 0 saturated carbocycles. The predicted molar refractivity (Wildman–Crippen MR) is 84.1 cm³/mol. The largest absolute Gasteiger partial charge is 0.351 e. The predicted octanol–water partition coefficient (Wildman–Crippen LogP) is 1.52. The Labute approximate surface area is 133 Å². The molecule has 2 aromatic heterocycles. The molecule has 0 radical (unpaired) electrons. The van der Waals surface area contributed by atoms with Crippen LogP contribution in [0.4, 0.5) is 0 Å². The maximum Gasteiger partial charge on any atom is 0.234 e. The summed E-state index contributed by atoms with van der Waals surface area (Å²) in [5, 5.41) is 14.9. The lowest BCUT2D eigenvalue weighted by molar-refractivity contribution is -0.121. The van der Waals surface area contributed by atoms with Crippen LogP contribution in [0.3, 0.4) is 0 Å². The van der Waals surface area contributed by atoms with E-state index >= 15 is 0 Å². The average Bonchev–Trinajstić information content (AvgIpc) is 2.98. The van der Waals surface area contributed by atoms with E-state index in [4.69, 9.17) is 0 Å². The van der Waals surface area contributed by atoms with Crippen molar-refractivity contribution in [3.63, 3.8) is 0 Å². The van der Waals surface area contributed by atoms with E-state index in [1.807, 2.05) is 32.9 Å². The molecule has 2 aromatic rings. The van der Waals surface area contributed by atoms with Crippen LogP contribution in [0.5, 0.6) is 0 Å². The Kier molecular flexibility index (Phi) is 5.88. The second kappa shape index (κ2) is 7.88. The number of hydrogen-bond donors (Lipinski definition) is 1. The SMILES string of the molecule is CCn1nnnc1SC(C(=O)NCc1cccnc1)C(C)C. The summed E-state index contributed by atoms with van der Waals surface area (Å²) in [6.07, 6.45) is 3.46. The Morgan fingerprint density at radius 3 is 2.91 bits per heavy atom. The quantitative estimate of drug-likeness (QED) is 0.779. The van der Waals surface area contributed by atoms with Crippen LogP contribution < -0.4 is 5.32 Å². The lowest BCUT2D eigenvalue weighted by atomic mass is 10.1. The molecule has 0 aromatic carbocycles. The molecule has 22 heavy (non-hydrogen) atoms. The van der Waals surface area contributed by atoms with E-state index in [1.165, 1.54) is 11.8 Å². The Morgan fingerprint density at radius 1 is 1.45 bits per heavy atom. The summed E-state index contributed by atoms with van der Waals surface area (Å²) in [5.74, 6) is 0.149. The van der Waals surface area contributed by atoms with E-state index in [0.717, 1.165) is 5.56 Å². The molecule has 8 heteroatoms. The fourth-order valence-corrected chi connectivity index (χ4v) is 2.94. The Balaban J connectivity index is 1.99. The topological polar surface area (TPSA) is 85.6 Å². The van der Waals surface area contributed by atoms with Crippen LogP contribution >= 0.6 is 11.8 Å². The standard InChI is InChI=1S/C14H20N6OS/c1-4-20-14(17-18-19-20)22-12(10(2)3)13(21)16-9-11-6-5-7-15-8-11/h5-8,10,12H,4,9H2,1-3H3,(H,16,21). The van der Waals surface area contributed by atoms with Gasteiger partial charge in [0.1, 0.15) is 0 Å². The van der Waals surface area contributed by atoms with Gasteiger partial charge >= 0.3 is 0 Å². The number of nitrogens with one attached hydrogen (secondary N) is 1. The van der Waals surface area contributed by atoms with Crippen LogP contribution in [0.25, 0.3) is 0 Å². The summed E-state index contributed by atoms with van der Waals surface area (Å²) in [4.78, 5) is 16.5. The second-order valence-electron chi connectivity index (χ2n) is 5.14. The second-order valence-corrected chi connectivity index (χ2v) is 6.25. The number of nitrogens with zero attached hydrogens (tertiary/aromatic N) is 5. The summed E-state index contributed by atoms with van der Waals surface area (Å²) >= 11 is 1.40. The van der Waals surface area contributed by atoms with Crippen LogP contribution in [0.15, 0.2) is 29.7 Å². The van der Waals surface area contributed by atoms with E-state index in [1.54, 1.807) is 17.1 Å². The molecule has 2 rings (SSSR count). The van der Waals surface area contributed by atoms with Gasteiger partial charge in [0, 0.05) is 25.5 Å². The summed E-state index contributed by atoms with van der Waals surface area (Å²) in [6, 6.07) is 3.79. The molecule has 0 saturated heterocycles. The van der Waals surface area contributed by atoms with Gasteiger partial charge in [-0.3, -0.25) is 9.78 Å². The van der Waals surface area contributed by atoms with Gasteiger partial charge in [0.05, 0.1) is 5.25 Å². The highest BCUT2D eigenvalue weighted by Crippen LogP contribution is 2.26. The molecule has 1 N–H and O–H groups in total. The highest BCUT2D eigenvalue weighted by Gasteiger charge is 2.25. The molecule has 0 fully saturated rings. The Hall–Kier alpha value is -1.96. The fourth-order valence-electron chi connectivity index (χ4n) is 1.88. The van der Waals surface area contributed by atoms with E-state index in [9.17, 15) is 4.79 Å². The van der Waals surface area contributed by atoms with Crippen LogP contribution in [-0.2, 0) is 17.9 Å². The van der Waals surface area contributed by atoms with E-state index in [2.05, 4.69) is 25.8 Å². The number of aromatic nitrogens is 5. The first-order valence-electron chi connectivity index (χ1n) is 7.21. The number of rotatable bonds is 7. The van der Waals surface area contributed by atoms with Crippen LogP contribution in [-0.4, -0.2) is 36.3 Å². The number of hydrogen-bond acceptors (Lipinski definition) is 6. The van der Waals surface area contributed by atoms with Crippen molar-refractivity contribution in [2.45, 2.75) is 44.3 Å². The number of tetrazole rings is 1. The minimum Gasteiger partial charge on any atom is -0.351 e. The third-order valence-corrected chi connectivity index (χ3v) is 4.60. The molecular formula is C14H20N6OS. The number of carbonyl (C=O) groups is 1. The summed E-state index contributed by atoms with van der Waals surface area (Å²) in [6.45, 7) is 7.14. The Bertz CT molecular complexity index is 600. The number of amides is 1. The Morgan fingerprint density at radius 2 is 2.27 bits per heavy atom. The smallest absolute Gasteiger partial charge is 0.234 e. The maximum atomic E-state index is 12.5. The number of carbonyl (C=O) groups excluding carboxylic acids is 1. The highest BCUT2D eigenvalue weighted by molar-refractivity contribution is 8.00. The van der Waals surface area contributed by atoms with E-state index in [-0.39, 0.29) is 17.1 Å². The zero-order valence-corrected chi connectivity index (χ0v) is 13.7. The normalized spacial score (nSPS) is 12.4. The van der Waals surface area contributed by atoms with Gasteiger partial charge in [0.25, 0.3) is 0 Å². The third-order valence-electron chi connectivity index (χ3n) is 3.08. The molecule has 0 aliphatic rings. The summed E-state index contributed by atoms with van der Waals surface area (Å²) < 4.78 is 1.69. The molecular weight excluding hydrogens is 300 g/mol. The van der Waals surface area contributed by atoms with Gasteiger partial charge in [-0.05, 0) is 34.9 Å². The van der Waals surface area contributed by atoms with Gasteiger partial charge in [-0.2, -0.15) is 0 Å². The molecule has 1 unspecified atom stereocenters. The maximum absolute atomic E-state index is 12.5. The highest BCUT2D eigenvalue weighted by atomic mass is 32.2. The first-order chi connectivity index (χ1) is 10.6. The summed E-state index contributed by atoms with van der Waals surface area (Å²) in [7, 11) is 0. The first-order valence-corrected chi connectivity index (χ1v) is 8.09. The van der Waals surface area contributed by atoms with Crippen molar-refractivity contribution in [2.75, 3.05) is 0 Å². The number of pyridine rings is 1. The minimum absolute atomic E-state index is 0.0190. The van der Waals surface area contributed by atoms with Crippen molar-refractivity contribution < 1.29 is 4.79 Å². The van der Waals surface area contributed by atoms with Crippen LogP contribution in [0.1, 0.15) is 26.3 Å².